The second-order valence-electron chi connectivity index (χ2n) is 5.18. The average Bonchev–Trinajstić information content (AvgIpc) is 2.95. The van der Waals surface area contributed by atoms with Gasteiger partial charge in [-0.1, -0.05) is 55.0 Å². The molecular formula is C16H20N2O4S2. The molecule has 2 rings (SSSR count). The van der Waals surface area contributed by atoms with E-state index in [1.165, 1.54) is 7.11 Å². The van der Waals surface area contributed by atoms with Gasteiger partial charge >= 0.3 is 5.97 Å². The second kappa shape index (κ2) is 8.25. The zero-order chi connectivity index (χ0) is 17.6. The molecule has 0 aliphatic heterocycles. The Kier molecular flexibility index (Phi) is 6.33. The number of benzene rings is 1. The van der Waals surface area contributed by atoms with Gasteiger partial charge in [-0.25, -0.2) is 13.4 Å². The fourth-order valence-corrected chi connectivity index (χ4v) is 4.51. The Morgan fingerprint density at radius 3 is 2.62 bits per heavy atom. The number of anilines is 1. The number of unbranched alkanes of at least 4 members (excludes halogenated alkanes) is 1. The van der Waals surface area contributed by atoms with Crippen molar-refractivity contribution in [3.05, 3.63) is 35.2 Å². The van der Waals surface area contributed by atoms with E-state index in [1.54, 1.807) is 0 Å². The van der Waals surface area contributed by atoms with Crippen LogP contribution in [0, 0.1) is 0 Å². The molecule has 1 aromatic heterocycles. The van der Waals surface area contributed by atoms with Gasteiger partial charge in [0.15, 0.2) is 5.13 Å². The molecular weight excluding hydrogens is 348 g/mol. The third-order valence-electron chi connectivity index (χ3n) is 3.29. The maximum atomic E-state index is 12.1. The molecule has 0 unspecified atom stereocenters. The molecule has 1 heterocycles. The molecule has 8 heteroatoms. The Labute approximate surface area is 145 Å². The molecule has 0 atom stereocenters. The highest BCUT2D eigenvalue weighted by Gasteiger charge is 2.19. The number of nitrogens with one attached hydrogen (secondary N) is 1. The molecule has 2 aromatic rings. The number of methoxy groups -OCH3 is 1. The van der Waals surface area contributed by atoms with Crippen molar-refractivity contribution in [3.8, 4) is 11.3 Å². The number of nitrogens with zero attached hydrogens (tertiary/aromatic N) is 1. The van der Waals surface area contributed by atoms with Crippen molar-refractivity contribution in [3.63, 3.8) is 0 Å². The van der Waals surface area contributed by atoms with E-state index in [9.17, 15) is 13.2 Å². The van der Waals surface area contributed by atoms with Crippen LogP contribution >= 0.6 is 11.3 Å². The molecule has 0 spiro atoms. The monoisotopic (exact) mass is 368 g/mol. The first-order valence-corrected chi connectivity index (χ1v) is 10.0. The van der Waals surface area contributed by atoms with E-state index in [4.69, 9.17) is 4.74 Å². The van der Waals surface area contributed by atoms with E-state index in [0.717, 1.165) is 23.3 Å². The van der Waals surface area contributed by atoms with Crippen molar-refractivity contribution in [2.24, 2.45) is 0 Å². The molecule has 0 saturated heterocycles. The molecule has 0 amide bonds. The molecule has 0 saturated carbocycles. The largest absolute Gasteiger partial charge is 0.469 e. The number of esters is 1. The SMILES string of the molecule is CCCCS(=O)(=O)Nc1nc(-c2ccccc2)c(CC(=O)OC)s1. The van der Waals surface area contributed by atoms with Crippen molar-refractivity contribution in [2.75, 3.05) is 17.6 Å². The highest BCUT2D eigenvalue weighted by Crippen LogP contribution is 2.32. The Morgan fingerprint density at radius 2 is 2.00 bits per heavy atom. The smallest absolute Gasteiger partial charge is 0.310 e. The molecule has 1 N–H and O–H groups in total. The Hall–Kier alpha value is -1.93. The van der Waals surface area contributed by atoms with Gasteiger partial charge in [0.05, 0.1) is 25.0 Å². The molecule has 130 valence electrons. The van der Waals surface area contributed by atoms with Gasteiger partial charge in [0.1, 0.15) is 0 Å². The molecule has 0 radical (unpaired) electrons. The zero-order valence-corrected chi connectivity index (χ0v) is 15.2. The standard InChI is InChI=1S/C16H20N2O4S2/c1-3-4-10-24(20,21)18-16-17-15(12-8-6-5-7-9-12)13(23-16)11-14(19)22-2/h5-9H,3-4,10-11H2,1-2H3,(H,17,18). The van der Waals surface area contributed by atoms with Gasteiger partial charge in [0.25, 0.3) is 0 Å². The molecule has 1 aromatic carbocycles. The summed E-state index contributed by atoms with van der Waals surface area (Å²) in [6.07, 6.45) is 1.43. The van der Waals surface area contributed by atoms with Crippen molar-refractivity contribution < 1.29 is 17.9 Å². The van der Waals surface area contributed by atoms with E-state index in [1.807, 2.05) is 37.3 Å². The summed E-state index contributed by atoms with van der Waals surface area (Å²) < 4.78 is 31.3. The zero-order valence-electron chi connectivity index (χ0n) is 13.6. The quantitative estimate of drug-likeness (QED) is 0.724. The van der Waals surface area contributed by atoms with E-state index in [0.29, 0.717) is 17.0 Å². The third kappa shape index (κ3) is 5.04. The minimum Gasteiger partial charge on any atom is -0.469 e. The maximum Gasteiger partial charge on any atom is 0.310 e. The number of carbonyl (C=O) groups is 1. The van der Waals surface area contributed by atoms with Crippen LogP contribution in [0.3, 0.4) is 0 Å². The van der Waals surface area contributed by atoms with Gasteiger partial charge in [0.2, 0.25) is 10.0 Å². The highest BCUT2D eigenvalue weighted by atomic mass is 32.2. The number of hydrogen-bond donors (Lipinski definition) is 1. The number of aromatic nitrogens is 1. The minimum absolute atomic E-state index is 0.0507. The first-order valence-electron chi connectivity index (χ1n) is 7.57. The van der Waals surface area contributed by atoms with Crippen molar-refractivity contribution in [1.82, 2.24) is 4.98 Å². The number of hydrogen-bond acceptors (Lipinski definition) is 6. The molecule has 6 nitrogen and oxygen atoms in total. The topological polar surface area (TPSA) is 85.4 Å². The summed E-state index contributed by atoms with van der Waals surface area (Å²) in [4.78, 5) is 16.7. The summed E-state index contributed by atoms with van der Waals surface area (Å²) in [6, 6.07) is 9.34. The van der Waals surface area contributed by atoms with E-state index in [2.05, 4.69) is 9.71 Å². The molecule has 24 heavy (non-hydrogen) atoms. The van der Waals surface area contributed by atoms with Gasteiger partial charge in [0, 0.05) is 10.4 Å². The van der Waals surface area contributed by atoms with Gasteiger partial charge in [-0.05, 0) is 6.42 Å². The van der Waals surface area contributed by atoms with Crippen LogP contribution < -0.4 is 4.72 Å². The molecule has 0 aliphatic rings. The number of rotatable bonds is 8. The first-order chi connectivity index (χ1) is 11.4. The number of sulfonamides is 1. The minimum atomic E-state index is -3.43. The lowest BCUT2D eigenvalue weighted by Crippen LogP contribution is -2.16. The summed E-state index contributed by atoms with van der Waals surface area (Å²) in [5.41, 5.74) is 1.42. The van der Waals surface area contributed by atoms with Crippen LogP contribution in [0.5, 0.6) is 0 Å². The van der Waals surface area contributed by atoms with Crippen LogP contribution in [0.15, 0.2) is 30.3 Å². The van der Waals surface area contributed by atoms with E-state index >= 15 is 0 Å². The first kappa shape index (κ1) is 18.4. The summed E-state index contributed by atoms with van der Waals surface area (Å²) in [5.74, 6) is -0.341. The lowest BCUT2D eigenvalue weighted by Gasteiger charge is -2.03. The third-order valence-corrected chi connectivity index (χ3v) is 5.72. The van der Waals surface area contributed by atoms with Crippen LogP contribution in [0.2, 0.25) is 0 Å². The van der Waals surface area contributed by atoms with Crippen molar-refractivity contribution in [1.29, 1.82) is 0 Å². The van der Waals surface area contributed by atoms with Crippen LogP contribution in [-0.2, 0) is 26.0 Å². The van der Waals surface area contributed by atoms with Gasteiger partial charge in [-0.2, -0.15) is 0 Å². The Morgan fingerprint density at radius 1 is 1.29 bits per heavy atom. The lowest BCUT2D eigenvalue weighted by atomic mass is 10.1. The van der Waals surface area contributed by atoms with Gasteiger partial charge in [-0.15, -0.1) is 0 Å². The number of ether oxygens (including phenoxy) is 1. The summed E-state index contributed by atoms with van der Waals surface area (Å²) in [5, 5.41) is 0.267. The maximum absolute atomic E-state index is 12.1. The van der Waals surface area contributed by atoms with Crippen molar-refractivity contribution >= 4 is 32.5 Å². The predicted octanol–water partition coefficient (Wildman–Crippen LogP) is 3.07. The van der Waals surface area contributed by atoms with Crippen LogP contribution in [0.1, 0.15) is 24.6 Å². The Bertz CT molecular complexity index is 786. The summed E-state index contributed by atoms with van der Waals surface area (Å²) >= 11 is 1.16. The summed E-state index contributed by atoms with van der Waals surface area (Å²) in [7, 11) is -2.12. The predicted molar refractivity (Wildman–Crippen MR) is 95.6 cm³/mol. The normalized spacial score (nSPS) is 11.2. The second-order valence-corrected chi connectivity index (χ2v) is 8.11. The fraction of sp³-hybridized carbons (Fsp3) is 0.375. The van der Waals surface area contributed by atoms with Crippen LogP contribution in [0.25, 0.3) is 11.3 Å². The van der Waals surface area contributed by atoms with Gasteiger partial charge < -0.3 is 4.74 Å². The van der Waals surface area contributed by atoms with Gasteiger partial charge in [-0.3, -0.25) is 9.52 Å². The van der Waals surface area contributed by atoms with E-state index < -0.39 is 16.0 Å². The number of thiazole rings is 1. The molecule has 0 fully saturated rings. The lowest BCUT2D eigenvalue weighted by molar-refractivity contribution is -0.139. The number of carbonyl (C=O) groups excluding carboxylic acids is 1. The molecule has 0 bridgehead atoms. The van der Waals surface area contributed by atoms with Crippen LogP contribution in [0.4, 0.5) is 5.13 Å². The van der Waals surface area contributed by atoms with Crippen molar-refractivity contribution in [2.45, 2.75) is 26.2 Å². The fourth-order valence-electron chi connectivity index (χ4n) is 2.06. The molecule has 0 aliphatic carbocycles. The summed E-state index contributed by atoms with van der Waals surface area (Å²) in [6.45, 7) is 1.93. The van der Waals surface area contributed by atoms with E-state index in [-0.39, 0.29) is 17.3 Å². The Balaban J connectivity index is 2.32. The average molecular weight is 368 g/mol. The highest BCUT2D eigenvalue weighted by molar-refractivity contribution is 7.92. The van der Waals surface area contributed by atoms with Crippen LogP contribution in [-0.4, -0.2) is 32.2 Å².